The van der Waals surface area contributed by atoms with E-state index in [-0.39, 0.29) is 11.9 Å². The highest BCUT2D eigenvalue weighted by molar-refractivity contribution is 5.92. The number of hydrogen-bond acceptors (Lipinski definition) is 4. The maximum absolute atomic E-state index is 13.7. The molecule has 2 heterocycles. The van der Waals surface area contributed by atoms with Crippen molar-refractivity contribution in [3.8, 4) is 0 Å². The topological polar surface area (TPSA) is 49.2 Å². The zero-order valence-electron chi connectivity index (χ0n) is 13.4. The summed E-state index contributed by atoms with van der Waals surface area (Å²) in [6.45, 7) is 2.50. The molecule has 5 heteroatoms. The standard InChI is InChI=1S/C19H18FN3O/c1-12-4-2-7-16-18(12)19(22-11-21-16)23-10-15(24)9-17(23)13-5-3-6-14(20)8-13/h2-8,11,15,17,24H,9-10H2,1H3/t15-,17+/m0/s1. The largest absolute Gasteiger partial charge is 0.391 e. The van der Waals surface area contributed by atoms with Crippen molar-refractivity contribution in [3.63, 3.8) is 0 Å². The summed E-state index contributed by atoms with van der Waals surface area (Å²) in [5.41, 5.74) is 2.81. The van der Waals surface area contributed by atoms with Gasteiger partial charge in [0.25, 0.3) is 0 Å². The van der Waals surface area contributed by atoms with Crippen molar-refractivity contribution in [2.45, 2.75) is 25.5 Å². The van der Waals surface area contributed by atoms with Crippen LogP contribution in [0.15, 0.2) is 48.8 Å². The van der Waals surface area contributed by atoms with Crippen LogP contribution in [0.4, 0.5) is 10.2 Å². The Morgan fingerprint density at radius 1 is 1.17 bits per heavy atom. The molecular formula is C19H18FN3O. The third kappa shape index (κ3) is 2.51. The SMILES string of the molecule is Cc1cccc2ncnc(N3C[C@@H](O)C[C@@H]3c3cccc(F)c3)c12. The first-order valence-electron chi connectivity index (χ1n) is 8.04. The quantitative estimate of drug-likeness (QED) is 0.785. The molecule has 1 fully saturated rings. The van der Waals surface area contributed by atoms with Crippen molar-refractivity contribution in [3.05, 3.63) is 65.7 Å². The van der Waals surface area contributed by atoms with Crippen LogP contribution in [0.3, 0.4) is 0 Å². The fourth-order valence-corrected chi connectivity index (χ4v) is 3.56. The molecule has 1 saturated heterocycles. The number of rotatable bonds is 2. The molecule has 1 N–H and O–H groups in total. The summed E-state index contributed by atoms with van der Waals surface area (Å²) >= 11 is 0. The smallest absolute Gasteiger partial charge is 0.140 e. The monoisotopic (exact) mass is 323 g/mol. The van der Waals surface area contributed by atoms with Gasteiger partial charge in [0, 0.05) is 11.9 Å². The van der Waals surface area contributed by atoms with E-state index in [2.05, 4.69) is 14.9 Å². The predicted octanol–water partition coefficient (Wildman–Crippen LogP) is 3.39. The van der Waals surface area contributed by atoms with Crippen molar-refractivity contribution >= 4 is 16.7 Å². The molecule has 24 heavy (non-hydrogen) atoms. The highest BCUT2D eigenvalue weighted by Gasteiger charge is 2.34. The number of aryl methyl sites for hydroxylation is 1. The van der Waals surface area contributed by atoms with Gasteiger partial charge < -0.3 is 10.0 Å². The molecule has 1 aliphatic heterocycles. The minimum absolute atomic E-state index is 0.103. The molecule has 0 spiro atoms. The summed E-state index contributed by atoms with van der Waals surface area (Å²) in [7, 11) is 0. The van der Waals surface area contributed by atoms with E-state index in [4.69, 9.17) is 0 Å². The lowest BCUT2D eigenvalue weighted by Crippen LogP contribution is -2.25. The number of fused-ring (bicyclic) bond motifs is 1. The second-order valence-electron chi connectivity index (χ2n) is 6.28. The molecule has 2 aromatic carbocycles. The zero-order valence-corrected chi connectivity index (χ0v) is 13.4. The highest BCUT2D eigenvalue weighted by atomic mass is 19.1. The molecule has 0 radical (unpaired) electrons. The summed E-state index contributed by atoms with van der Waals surface area (Å²) < 4.78 is 13.7. The summed E-state index contributed by atoms with van der Waals surface area (Å²) in [6.07, 6.45) is 1.64. The Morgan fingerprint density at radius 3 is 2.83 bits per heavy atom. The van der Waals surface area contributed by atoms with Crippen LogP contribution in [0, 0.1) is 12.7 Å². The van der Waals surface area contributed by atoms with Crippen LogP contribution in [0.1, 0.15) is 23.6 Å². The van der Waals surface area contributed by atoms with Gasteiger partial charge in [-0.05, 0) is 42.7 Å². The van der Waals surface area contributed by atoms with E-state index >= 15 is 0 Å². The molecule has 0 saturated carbocycles. The van der Waals surface area contributed by atoms with Gasteiger partial charge in [0.2, 0.25) is 0 Å². The number of hydrogen-bond donors (Lipinski definition) is 1. The van der Waals surface area contributed by atoms with Gasteiger partial charge in [0.15, 0.2) is 0 Å². The van der Waals surface area contributed by atoms with Crippen molar-refractivity contribution < 1.29 is 9.50 Å². The lowest BCUT2D eigenvalue weighted by Gasteiger charge is -2.27. The molecule has 0 bridgehead atoms. The van der Waals surface area contributed by atoms with Crippen LogP contribution in [0.2, 0.25) is 0 Å². The number of benzene rings is 2. The summed E-state index contributed by atoms with van der Waals surface area (Å²) in [4.78, 5) is 10.9. The van der Waals surface area contributed by atoms with Crippen LogP contribution in [-0.4, -0.2) is 27.7 Å². The first kappa shape index (κ1) is 15.0. The molecule has 3 aromatic rings. The van der Waals surface area contributed by atoms with E-state index in [0.717, 1.165) is 27.8 Å². The molecule has 0 aliphatic carbocycles. The summed E-state index contributed by atoms with van der Waals surface area (Å²) in [5.74, 6) is 0.529. The summed E-state index contributed by atoms with van der Waals surface area (Å²) in [6, 6.07) is 12.4. The van der Waals surface area contributed by atoms with Crippen LogP contribution in [0.25, 0.3) is 10.9 Å². The normalized spacial score (nSPS) is 20.7. The highest BCUT2D eigenvalue weighted by Crippen LogP contribution is 2.38. The molecule has 4 nitrogen and oxygen atoms in total. The Balaban J connectivity index is 1.85. The number of β-amino-alcohol motifs (C(OH)–C–C–N with tert-alkyl or cyclic N) is 1. The lowest BCUT2D eigenvalue weighted by atomic mass is 10.0. The van der Waals surface area contributed by atoms with E-state index in [9.17, 15) is 9.50 Å². The van der Waals surface area contributed by atoms with Gasteiger partial charge in [-0.2, -0.15) is 0 Å². The molecule has 4 rings (SSSR count). The molecular weight excluding hydrogens is 305 g/mol. The van der Waals surface area contributed by atoms with Crippen molar-refractivity contribution in [2.24, 2.45) is 0 Å². The van der Waals surface area contributed by atoms with Crippen LogP contribution in [-0.2, 0) is 0 Å². The van der Waals surface area contributed by atoms with E-state index in [1.807, 2.05) is 31.2 Å². The molecule has 2 atom stereocenters. The van der Waals surface area contributed by atoms with Gasteiger partial charge in [-0.25, -0.2) is 14.4 Å². The van der Waals surface area contributed by atoms with Gasteiger partial charge in [-0.1, -0.05) is 24.3 Å². The van der Waals surface area contributed by atoms with Crippen LogP contribution >= 0.6 is 0 Å². The first-order chi connectivity index (χ1) is 11.6. The Kier molecular flexibility index (Phi) is 3.65. The van der Waals surface area contributed by atoms with E-state index in [1.54, 1.807) is 12.4 Å². The predicted molar refractivity (Wildman–Crippen MR) is 91.4 cm³/mol. The average molecular weight is 323 g/mol. The fraction of sp³-hybridized carbons (Fsp3) is 0.263. The van der Waals surface area contributed by atoms with Crippen molar-refractivity contribution in [1.29, 1.82) is 0 Å². The van der Waals surface area contributed by atoms with Crippen molar-refractivity contribution in [2.75, 3.05) is 11.4 Å². The number of aliphatic hydroxyl groups is 1. The van der Waals surface area contributed by atoms with Crippen LogP contribution < -0.4 is 4.90 Å². The van der Waals surface area contributed by atoms with Gasteiger partial charge in [-0.3, -0.25) is 0 Å². The number of nitrogens with zero attached hydrogens (tertiary/aromatic N) is 3. The lowest BCUT2D eigenvalue weighted by molar-refractivity contribution is 0.194. The van der Waals surface area contributed by atoms with Gasteiger partial charge >= 0.3 is 0 Å². The third-order valence-corrected chi connectivity index (χ3v) is 4.64. The van der Waals surface area contributed by atoms with Gasteiger partial charge in [0.1, 0.15) is 18.0 Å². The molecule has 0 amide bonds. The van der Waals surface area contributed by atoms with Gasteiger partial charge in [-0.15, -0.1) is 0 Å². The number of aromatic nitrogens is 2. The van der Waals surface area contributed by atoms with E-state index in [0.29, 0.717) is 13.0 Å². The third-order valence-electron chi connectivity index (χ3n) is 4.64. The number of aliphatic hydroxyl groups excluding tert-OH is 1. The molecule has 1 aliphatic rings. The Morgan fingerprint density at radius 2 is 2.00 bits per heavy atom. The zero-order chi connectivity index (χ0) is 16.7. The average Bonchev–Trinajstić information content (AvgIpc) is 2.96. The second-order valence-corrected chi connectivity index (χ2v) is 6.28. The maximum atomic E-state index is 13.7. The minimum atomic E-state index is -0.465. The second kappa shape index (κ2) is 5.83. The molecule has 1 aromatic heterocycles. The van der Waals surface area contributed by atoms with Crippen LogP contribution in [0.5, 0.6) is 0 Å². The first-order valence-corrected chi connectivity index (χ1v) is 8.04. The summed E-state index contributed by atoms with van der Waals surface area (Å²) in [5, 5.41) is 11.2. The van der Waals surface area contributed by atoms with Gasteiger partial charge in [0.05, 0.1) is 17.7 Å². The van der Waals surface area contributed by atoms with E-state index in [1.165, 1.54) is 12.1 Å². The molecule has 122 valence electrons. The van der Waals surface area contributed by atoms with E-state index < -0.39 is 6.10 Å². The Bertz CT molecular complexity index is 893. The molecule has 0 unspecified atom stereocenters. The number of halogens is 1. The maximum Gasteiger partial charge on any atom is 0.140 e. The van der Waals surface area contributed by atoms with Crippen molar-refractivity contribution in [1.82, 2.24) is 9.97 Å². The number of anilines is 1. The minimum Gasteiger partial charge on any atom is -0.391 e. The fourth-order valence-electron chi connectivity index (χ4n) is 3.56. The Labute approximate surface area is 139 Å². The Hall–Kier alpha value is -2.53.